The Morgan fingerprint density at radius 3 is 2.73 bits per heavy atom. The zero-order chi connectivity index (χ0) is 21.8. The Hall–Kier alpha value is -2.94. The van der Waals surface area contributed by atoms with E-state index < -0.39 is 18.0 Å². The largest absolute Gasteiger partial charge is 0.484 e. The summed E-state index contributed by atoms with van der Waals surface area (Å²) in [5.74, 6) is -1.11. The molecule has 2 aromatic rings. The maximum Gasteiger partial charge on any atom is 0.414 e. The highest BCUT2D eigenvalue weighted by Crippen LogP contribution is 2.27. The van der Waals surface area contributed by atoms with Crippen LogP contribution in [0.2, 0.25) is 0 Å². The number of aromatic nitrogens is 2. The molecule has 0 radical (unpaired) electrons. The molecule has 1 aliphatic heterocycles. The lowest BCUT2D eigenvalue weighted by Crippen LogP contribution is -2.35. The van der Waals surface area contributed by atoms with Gasteiger partial charge in [-0.15, -0.1) is 11.6 Å². The summed E-state index contributed by atoms with van der Waals surface area (Å²) in [6.07, 6.45) is -1.16. The van der Waals surface area contributed by atoms with Crippen molar-refractivity contribution in [2.75, 3.05) is 23.9 Å². The normalized spacial score (nSPS) is 15.8. The predicted octanol–water partition coefficient (Wildman–Crippen LogP) is 2.80. The number of amides is 2. The van der Waals surface area contributed by atoms with Crippen LogP contribution in [-0.4, -0.2) is 47.0 Å². The average molecular weight is 437 g/mol. The molecule has 8 nitrogen and oxygen atoms in total. The lowest BCUT2D eigenvalue weighted by molar-refractivity contribution is -0.119. The van der Waals surface area contributed by atoms with E-state index in [1.165, 1.54) is 17.0 Å². The van der Waals surface area contributed by atoms with Crippen molar-refractivity contribution in [3.8, 4) is 5.75 Å². The van der Waals surface area contributed by atoms with E-state index in [4.69, 9.17) is 21.1 Å². The maximum absolute atomic E-state index is 14.6. The fourth-order valence-corrected chi connectivity index (χ4v) is 3.03. The Labute approximate surface area is 178 Å². The van der Waals surface area contributed by atoms with Crippen LogP contribution in [0.4, 0.5) is 14.9 Å². The number of carbonyl (C=O) groups excluding carboxylic acids is 2. The van der Waals surface area contributed by atoms with Gasteiger partial charge in [-0.2, -0.15) is 0 Å². The van der Waals surface area contributed by atoms with Crippen molar-refractivity contribution in [2.45, 2.75) is 33.5 Å². The van der Waals surface area contributed by atoms with E-state index in [1.54, 1.807) is 6.07 Å². The molecule has 1 aliphatic rings. The van der Waals surface area contributed by atoms with Gasteiger partial charge in [-0.05, 0) is 32.9 Å². The fraction of sp³-hybridized carbons (Fsp3) is 0.400. The van der Waals surface area contributed by atoms with E-state index in [9.17, 15) is 14.0 Å². The number of alkyl halides is 1. The molecule has 0 unspecified atom stereocenters. The third-order valence-corrected chi connectivity index (χ3v) is 4.94. The van der Waals surface area contributed by atoms with Gasteiger partial charge in [0.2, 0.25) is 5.91 Å². The molecule has 160 valence electrons. The summed E-state index contributed by atoms with van der Waals surface area (Å²) in [5.41, 5.74) is 3.32. The summed E-state index contributed by atoms with van der Waals surface area (Å²) in [6.45, 7) is 5.93. The Balaban J connectivity index is 1.64. The Morgan fingerprint density at radius 2 is 2.03 bits per heavy atom. The van der Waals surface area contributed by atoms with E-state index in [1.807, 2.05) is 20.8 Å². The van der Waals surface area contributed by atoms with Crippen molar-refractivity contribution < 1.29 is 23.5 Å². The molecule has 1 aromatic carbocycles. The van der Waals surface area contributed by atoms with Crippen LogP contribution < -0.4 is 15.0 Å². The smallest absolute Gasteiger partial charge is 0.414 e. The number of halogens is 2. The zero-order valence-electron chi connectivity index (χ0n) is 16.9. The Kier molecular flexibility index (Phi) is 6.71. The first kappa shape index (κ1) is 21.8. The first-order valence-corrected chi connectivity index (χ1v) is 9.85. The van der Waals surface area contributed by atoms with Gasteiger partial charge in [0.05, 0.1) is 41.6 Å². The summed E-state index contributed by atoms with van der Waals surface area (Å²) >= 11 is 5.42. The number of cyclic esters (lactones) is 1. The number of benzene rings is 1. The van der Waals surface area contributed by atoms with Crippen molar-refractivity contribution in [3.63, 3.8) is 0 Å². The number of aryl methyl sites for hydroxylation is 3. The second kappa shape index (κ2) is 9.25. The SMILES string of the molecule is Cc1nc(C)c(COc2ccc(N3C[C@H](CNC(=O)CCl)OC3=O)cc2F)nc1C. The molecule has 1 fully saturated rings. The molecule has 2 amide bonds. The molecule has 0 saturated carbocycles. The van der Waals surface area contributed by atoms with Crippen molar-refractivity contribution in [1.82, 2.24) is 15.3 Å². The van der Waals surface area contributed by atoms with Crippen LogP contribution in [0.1, 0.15) is 22.8 Å². The number of ether oxygens (including phenoxy) is 2. The standard InChI is InChI=1S/C20H22ClFN4O4/c1-11-12(2)25-17(13(3)24-11)10-29-18-5-4-14(6-16(18)22)26-9-15(30-20(26)28)8-23-19(27)7-21/h4-6,15H,7-10H2,1-3H3,(H,23,27)/t15-/m0/s1. The molecule has 1 saturated heterocycles. The van der Waals surface area contributed by atoms with E-state index in [0.29, 0.717) is 11.4 Å². The van der Waals surface area contributed by atoms with Crippen molar-refractivity contribution >= 4 is 29.3 Å². The highest BCUT2D eigenvalue weighted by molar-refractivity contribution is 6.27. The van der Waals surface area contributed by atoms with Crippen LogP contribution in [0, 0.1) is 26.6 Å². The molecule has 0 aliphatic carbocycles. The number of rotatable bonds is 7. The molecule has 0 spiro atoms. The number of carbonyl (C=O) groups is 2. The number of hydrogen-bond donors (Lipinski definition) is 1. The maximum atomic E-state index is 14.6. The summed E-state index contributed by atoms with van der Waals surface area (Å²) < 4.78 is 25.3. The van der Waals surface area contributed by atoms with Gasteiger partial charge in [-0.1, -0.05) is 0 Å². The van der Waals surface area contributed by atoms with Gasteiger partial charge in [0.1, 0.15) is 18.6 Å². The summed E-state index contributed by atoms with van der Waals surface area (Å²) in [4.78, 5) is 33.5. The average Bonchev–Trinajstić information content (AvgIpc) is 3.09. The molecule has 30 heavy (non-hydrogen) atoms. The molecule has 0 bridgehead atoms. The first-order valence-electron chi connectivity index (χ1n) is 9.32. The van der Waals surface area contributed by atoms with Crippen molar-refractivity contribution in [2.24, 2.45) is 0 Å². The van der Waals surface area contributed by atoms with Gasteiger partial charge in [-0.3, -0.25) is 19.7 Å². The second-order valence-corrected chi connectivity index (χ2v) is 7.15. The number of hydrogen-bond acceptors (Lipinski definition) is 6. The topological polar surface area (TPSA) is 93.6 Å². The first-order chi connectivity index (χ1) is 14.3. The van der Waals surface area contributed by atoms with E-state index >= 15 is 0 Å². The molecular weight excluding hydrogens is 415 g/mol. The van der Waals surface area contributed by atoms with Crippen LogP contribution >= 0.6 is 11.6 Å². The lowest BCUT2D eigenvalue weighted by Gasteiger charge is -2.15. The fourth-order valence-electron chi connectivity index (χ4n) is 2.93. The van der Waals surface area contributed by atoms with Crippen molar-refractivity contribution in [1.29, 1.82) is 0 Å². The van der Waals surface area contributed by atoms with Crippen LogP contribution in [-0.2, 0) is 16.1 Å². The van der Waals surface area contributed by atoms with Crippen LogP contribution in [0.25, 0.3) is 0 Å². The zero-order valence-corrected chi connectivity index (χ0v) is 17.6. The van der Waals surface area contributed by atoms with Crippen LogP contribution in [0.15, 0.2) is 18.2 Å². The monoisotopic (exact) mass is 436 g/mol. The van der Waals surface area contributed by atoms with Gasteiger partial charge in [-0.25, -0.2) is 9.18 Å². The van der Waals surface area contributed by atoms with Crippen molar-refractivity contribution in [3.05, 3.63) is 46.8 Å². The molecule has 1 N–H and O–H groups in total. The van der Waals surface area contributed by atoms with Gasteiger partial charge in [0, 0.05) is 6.07 Å². The molecule has 3 rings (SSSR count). The quantitative estimate of drug-likeness (QED) is 0.671. The molecule has 10 heteroatoms. The molecule has 2 heterocycles. The van der Waals surface area contributed by atoms with E-state index in [0.717, 1.165) is 17.1 Å². The van der Waals surface area contributed by atoms with Gasteiger partial charge in [0.15, 0.2) is 11.6 Å². The summed E-state index contributed by atoms with van der Waals surface area (Å²) in [6, 6.07) is 4.22. The highest BCUT2D eigenvalue weighted by Gasteiger charge is 2.33. The number of anilines is 1. The Bertz CT molecular complexity index is 972. The molecule has 1 atom stereocenters. The minimum absolute atomic E-state index is 0.0386. The minimum Gasteiger partial charge on any atom is -0.484 e. The van der Waals surface area contributed by atoms with Gasteiger partial charge >= 0.3 is 6.09 Å². The van der Waals surface area contributed by atoms with Crippen LogP contribution in [0.5, 0.6) is 5.75 Å². The number of nitrogens with zero attached hydrogens (tertiary/aromatic N) is 3. The second-order valence-electron chi connectivity index (χ2n) is 6.88. The van der Waals surface area contributed by atoms with Gasteiger partial charge < -0.3 is 14.8 Å². The minimum atomic E-state index is -0.617. The molecule has 1 aromatic heterocycles. The third kappa shape index (κ3) is 4.96. The van der Waals surface area contributed by atoms with Crippen LogP contribution in [0.3, 0.4) is 0 Å². The Morgan fingerprint density at radius 1 is 1.30 bits per heavy atom. The summed E-state index contributed by atoms with van der Waals surface area (Å²) in [5, 5.41) is 2.55. The van der Waals surface area contributed by atoms with E-state index in [-0.39, 0.29) is 37.2 Å². The van der Waals surface area contributed by atoms with Gasteiger partial charge in [0.25, 0.3) is 0 Å². The molecular formula is C20H22ClFN4O4. The van der Waals surface area contributed by atoms with E-state index in [2.05, 4.69) is 15.3 Å². The highest BCUT2D eigenvalue weighted by atomic mass is 35.5. The lowest BCUT2D eigenvalue weighted by atomic mass is 10.2. The third-order valence-electron chi connectivity index (χ3n) is 4.69. The summed E-state index contributed by atoms with van der Waals surface area (Å²) in [7, 11) is 0. The number of nitrogens with one attached hydrogen (secondary N) is 1. The predicted molar refractivity (Wildman–Crippen MR) is 108 cm³/mol.